The summed E-state index contributed by atoms with van der Waals surface area (Å²) in [6, 6.07) is 8.25. The van der Waals surface area contributed by atoms with Gasteiger partial charge in [0.1, 0.15) is 5.75 Å². The van der Waals surface area contributed by atoms with Crippen molar-refractivity contribution in [1.29, 1.82) is 0 Å². The molecule has 0 aromatic heterocycles. The fourth-order valence-corrected chi connectivity index (χ4v) is 1.82. The Balaban J connectivity index is 2.35. The van der Waals surface area contributed by atoms with E-state index in [9.17, 15) is 0 Å². The molecule has 0 spiro atoms. The molecule has 108 valence electrons. The summed E-state index contributed by atoms with van der Waals surface area (Å²) in [5.41, 5.74) is 1.23. The summed E-state index contributed by atoms with van der Waals surface area (Å²) < 4.78 is 10.9. The lowest BCUT2D eigenvalue weighted by Crippen LogP contribution is -2.19. The van der Waals surface area contributed by atoms with Crippen molar-refractivity contribution in [3.63, 3.8) is 0 Å². The van der Waals surface area contributed by atoms with Crippen LogP contribution < -0.4 is 10.1 Å². The zero-order chi connectivity index (χ0) is 13.9. The first kappa shape index (κ1) is 16.0. The van der Waals surface area contributed by atoms with E-state index in [2.05, 4.69) is 31.3 Å². The highest BCUT2D eigenvalue weighted by atomic mass is 16.5. The summed E-state index contributed by atoms with van der Waals surface area (Å²) in [5, 5.41) is 3.45. The normalized spacial score (nSPS) is 10.9. The maximum Gasteiger partial charge on any atom is 0.123 e. The van der Waals surface area contributed by atoms with Gasteiger partial charge in [-0.05, 0) is 31.4 Å². The molecule has 0 fully saturated rings. The fourth-order valence-electron chi connectivity index (χ4n) is 1.82. The highest BCUT2D eigenvalue weighted by Gasteiger charge is 2.03. The van der Waals surface area contributed by atoms with Gasteiger partial charge in [-0.3, -0.25) is 0 Å². The van der Waals surface area contributed by atoms with Gasteiger partial charge in [-0.2, -0.15) is 0 Å². The van der Waals surface area contributed by atoms with Crippen LogP contribution in [0.2, 0.25) is 0 Å². The SMILES string of the molecule is COCCCCOc1ccccc1CNCC(C)C. The van der Waals surface area contributed by atoms with Crippen molar-refractivity contribution in [3.05, 3.63) is 29.8 Å². The second kappa shape index (κ2) is 9.82. The third kappa shape index (κ3) is 7.19. The number of para-hydroxylation sites is 1. The zero-order valence-electron chi connectivity index (χ0n) is 12.4. The van der Waals surface area contributed by atoms with E-state index in [0.717, 1.165) is 44.9 Å². The Bertz CT molecular complexity index is 339. The van der Waals surface area contributed by atoms with Crippen molar-refractivity contribution in [2.75, 3.05) is 26.9 Å². The van der Waals surface area contributed by atoms with Gasteiger partial charge < -0.3 is 14.8 Å². The van der Waals surface area contributed by atoms with E-state index in [-0.39, 0.29) is 0 Å². The molecule has 1 aromatic rings. The van der Waals surface area contributed by atoms with Crippen LogP contribution in [0.3, 0.4) is 0 Å². The molecule has 0 atom stereocenters. The molecule has 0 amide bonds. The third-order valence-electron chi connectivity index (χ3n) is 2.84. The Labute approximate surface area is 117 Å². The summed E-state index contributed by atoms with van der Waals surface area (Å²) in [4.78, 5) is 0. The van der Waals surface area contributed by atoms with Gasteiger partial charge in [0, 0.05) is 25.8 Å². The number of benzene rings is 1. The van der Waals surface area contributed by atoms with Gasteiger partial charge in [0.05, 0.1) is 6.61 Å². The van der Waals surface area contributed by atoms with Crippen molar-refractivity contribution < 1.29 is 9.47 Å². The monoisotopic (exact) mass is 265 g/mol. The molecule has 1 aromatic carbocycles. The van der Waals surface area contributed by atoms with E-state index in [0.29, 0.717) is 5.92 Å². The van der Waals surface area contributed by atoms with Crippen molar-refractivity contribution in [2.45, 2.75) is 33.2 Å². The Morgan fingerprint density at radius 2 is 1.84 bits per heavy atom. The van der Waals surface area contributed by atoms with Gasteiger partial charge >= 0.3 is 0 Å². The quantitative estimate of drug-likeness (QED) is 0.659. The molecule has 0 aliphatic carbocycles. The predicted molar refractivity (Wildman–Crippen MR) is 79.6 cm³/mol. The van der Waals surface area contributed by atoms with E-state index in [1.54, 1.807) is 7.11 Å². The van der Waals surface area contributed by atoms with Gasteiger partial charge in [-0.25, -0.2) is 0 Å². The maximum atomic E-state index is 5.85. The zero-order valence-corrected chi connectivity index (χ0v) is 12.4. The molecule has 0 unspecified atom stereocenters. The number of methoxy groups -OCH3 is 1. The minimum atomic E-state index is 0.669. The van der Waals surface area contributed by atoms with E-state index in [1.165, 1.54) is 5.56 Å². The molecule has 0 saturated heterocycles. The van der Waals surface area contributed by atoms with Crippen molar-refractivity contribution in [2.24, 2.45) is 5.92 Å². The number of rotatable bonds is 10. The molecule has 0 aliphatic heterocycles. The molecular weight excluding hydrogens is 238 g/mol. The number of hydrogen-bond donors (Lipinski definition) is 1. The minimum absolute atomic E-state index is 0.669. The Hall–Kier alpha value is -1.06. The molecule has 0 aliphatic rings. The van der Waals surface area contributed by atoms with Crippen LogP contribution >= 0.6 is 0 Å². The summed E-state index contributed by atoms with van der Waals surface area (Å²) in [5.74, 6) is 1.67. The molecule has 0 radical (unpaired) electrons. The molecule has 1 rings (SSSR count). The molecule has 1 N–H and O–H groups in total. The van der Waals surface area contributed by atoms with Gasteiger partial charge in [-0.15, -0.1) is 0 Å². The van der Waals surface area contributed by atoms with Crippen LogP contribution in [0.1, 0.15) is 32.3 Å². The van der Waals surface area contributed by atoms with Gasteiger partial charge in [-0.1, -0.05) is 32.0 Å². The lowest BCUT2D eigenvalue weighted by Gasteiger charge is -2.13. The van der Waals surface area contributed by atoms with E-state index in [1.807, 2.05) is 12.1 Å². The van der Waals surface area contributed by atoms with Gasteiger partial charge in [0.15, 0.2) is 0 Å². The Kier molecular flexibility index (Phi) is 8.26. The molecule has 19 heavy (non-hydrogen) atoms. The lowest BCUT2D eigenvalue weighted by molar-refractivity contribution is 0.184. The molecule has 0 heterocycles. The first-order chi connectivity index (χ1) is 9.24. The molecular formula is C16H27NO2. The highest BCUT2D eigenvalue weighted by molar-refractivity contribution is 5.33. The molecule has 3 heteroatoms. The standard InChI is InChI=1S/C16H27NO2/c1-14(2)12-17-13-15-8-4-5-9-16(15)19-11-7-6-10-18-3/h4-5,8-9,14,17H,6-7,10-13H2,1-3H3. The molecule has 0 saturated carbocycles. The molecule has 0 bridgehead atoms. The largest absolute Gasteiger partial charge is 0.493 e. The van der Waals surface area contributed by atoms with Crippen LogP contribution in [0.4, 0.5) is 0 Å². The van der Waals surface area contributed by atoms with Crippen LogP contribution in [0.25, 0.3) is 0 Å². The first-order valence-electron chi connectivity index (χ1n) is 7.14. The number of unbranched alkanes of at least 4 members (excludes halogenated alkanes) is 1. The van der Waals surface area contributed by atoms with E-state index in [4.69, 9.17) is 9.47 Å². The highest BCUT2D eigenvalue weighted by Crippen LogP contribution is 2.18. The number of ether oxygens (including phenoxy) is 2. The topological polar surface area (TPSA) is 30.5 Å². The number of nitrogens with one attached hydrogen (secondary N) is 1. The average Bonchev–Trinajstić information content (AvgIpc) is 2.40. The van der Waals surface area contributed by atoms with Crippen LogP contribution in [0, 0.1) is 5.92 Å². The van der Waals surface area contributed by atoms with Crippen LogP contribution in [-0.4, -0.2) is 26.9 Å². The van der Waals surface area contributed by atoms with Gasteiger partial charge in [0.25, 0.3) is 0 Å². The van der Waals surface area contributed by atoms with Crippen LogP contribution in [0.5, 0.6) is 5.75 Å². The van der Waals surface area contributed by atoms with Crippen molar-refractivity contribution in [3.8, 4) is 5.75 Å². The second-order valence-corrected chi connectivity index (χ2v) is 5.18. The summed E-state index contributed by atoms with van der Waals surface area (Å²) in [6.07, 6.45) is 2.08. The van der Waals surface area contributed by atoms with Crippen molar-refractivity contribution in [1.82, 2.24) is 5.32 Å². The Morgan fingerprint density at radius 1 is 1.11 bits per heavy atom. The lowest BCUT2D eigenvalue weighted by atomic mass is 10.2. The summed E-state index contributed by atoms with van der Waals surface area (Å²) in [6.45, 7) is 7.89. The van der Waals surface area contributed by atoms with Crippen LogP contribution in [0.15, 0.2) is 24.3 Å². The summed E-state index contributed by atoms with van der Waals surface area (Å²) in [7, 11) is 1.73. The number of hydrogen-bond acceptors (Lipinski definition) is 3. The third-order valence-corrected chi connectivity index (χ3v) is 2.84. The van der Waals surface area contributed by atoms with E-state index >= 15 is 0 Å². The summed E-state index contributed by atoms with van der Waals surface area (Å²) >= 11 is 0. The average molecular weight is 265 g/mol. The van der Waals surface area contributed by atoms with Crippen LogP contribution in [-0.2, 0) is 11.3 Å². The predicted octanol–water partition coefficient (Wildman–Crippen LogP) is 3.24. The first-order valence-corrected chi connectivity index (χ1v) is 7.14. The second-order valence-electron chi connectivity index (χ2n) is 5.18. The van der Waals surface area contributed by atoms with Crippen molar-refractivity contribution >= 4 is 0 Å². The minimum Gasteiger partial charge on any atom is -0.493 e. The smallest absolute Gasteiger partial charge is 0.123 e. The molecule has 3 nitrogen and oxygen atoms in total. The van der Waals surface area contributed by atoms with Gasteiger partial charge in [0.2, 0.25) is 0 Å². The fraction of sp³-hybridized carbons (Fsp3) is 0.625. The Morgan fingerprint density at radius 3 is 2.58 bits per heavy atom. The van der Waals surface area contributed by atoms with E-state index < -0.39 is 0 Å². The maximum absolute atomic E-state index is 5.85.